The van der Waals surface area contributed by atoms with Crippen LogP contribution in [-0.4, -0.2) is 44.9 Å². The van der Waals surface area contributed by atoms with E-state index in [0.717, 1.165) is 43.6 Å². The Hall–Kier alpha value is -1.09. The van der Waals surface area contributed by atoms with Crippen molar-refractivity contribution in [3.8, 4) is 5.88 Å². The summed E-state index contributed by atoms with van der Waals surface area (Å²) in [6, 6.07) is 3.95. The average molecular weight is 434 g/mol. The van der Waals surface area contributed by atoms with Gasteiger partial charge in [-0.2, -0.15) is 0 Å². The number of hydrogen-bond acceptors (Lipinski definition) is 4. The summed E-state index contributed by atoms with van der Waals surface area (Å²) >= 11 is 0. The molecule has 6 nitrogen and oxygen atoms in total. The summed E-state index contributed by atoms with van der Waals surface area (Å²) in [6.07, 6.45) is 5.37. The summed E-state index contributed by atoms with van der Waals surface area (Å²) < 4.78 is 10.6. The molecule has 1 saturated carbocycles. The fraction of sp³-hybridized carbons (Fsp3) is 0.625. The molecule has 130 valence electrons. The van der Waals surface area contributed by atoms with Gasteiger partial charge in [0.25, 0.3) is 0 Å². The molecule has 0 unspecified atom stereocenters. The maximum absolute atomic E-state index is 5.63. The third kappa shape index (κ3) is 8.36. The number of nitrogens with one attached hydrogen (secondary N) is 2. The average Bonchev–Trinajstić information content (AvgIpc) is 3.38. The molecule has 0 aromatic carbocycles. The Balaban J connectivity index is 0.00000264. The maximum Gasteiger partial charge on any atom is 0.213 e. The van der Waals surface area contributed by atoms with Crippen molar-refractivity contribution in [3.63, 3.8) is 0 Å². The van der Waals surface area contributed by atoms with Gasteiger partial charge in [0.15, 0.2) is 5.96 Å². The fourth-order valence-electron chi connectivity index (χ4n) is 1.92. The maximum atomic E-state index is 5.63. The summed E-state index contributed by atoms with van der Waals surface area (Å²) in [5, 5.41) is 6.50. The zero-order chi connectivity index (χ0) is 15.6. The first kappa shape index (κ1) is 20.0. The molecule has 0 radical (unpaired) electrons. The minimum atomic E-state index is 0. The van der Waals surface area contributed by atoms with Gasteiger partial charge < -0.3 is 20.1 Å². The molecule has 23 heavy (non-hydrogen) atoms. The third-order valence-electron chi connectivity index (χ3n) is 3.46. The molecule has 2 rings (SSSR count). The summed E-state index contributed by atoms with van der Waals surface area (Å²) in [7, 11) is 3.47. The Kier molecular flexibility index (Phi) is 9.93. The van der Waals surface area contributed by atoms with Crippen LogP contribution in [0.2, 0.25) is 0 Å². The smallest absolute Gasteiger partial charge is 0.213 e. The Labute approximate surface area is 155 Å². The van der Waals surface area contributed by atoms with Crippen LogP contribution in [-0.2, 0) is 11.3 Å². The van der Waals surface area contributed by atoms with Crippen LogP contribution in [0.1, 0.15) is 24.8 Å². The molecule has 1 fully saturated rings. The summed E-state index contributed by atoms with van der Waals surface area (Å²) in [5.74, 6) is 2.23. The number of hydrogen-bond donors (Lipinski definition) is 2. The second-order valence-electron chi connectivity index (χ2n) is 5.46. The number of rotatable bonds is 9. The lowest BCUT2D eigenvalue weighted by Crippen LogP contribution is -2.37. The van der Waals surface area contributed by atoms with E-state index in [4.69, 9.17) is 9.47 Å². The topological polar surface area (TPSA) is 67.8 Å². The minimum Gasteiger partial charge on any atom is -0.477 e. The van der Waals surface area contributed by atoms with Gasteiger partial charge in [-0.05, 0) is 30.7 Å². The van der Waals surface area contributed by atoms with Crippen LogP contribution in [0.15, 0.2) is 23.3 Å². The van der Waals surface area contributed by atoms with Crippen molar-refractivity contribution in [1.82, 2.24) is 15.6 Å². The molecule has 0 bridgehead atoms. The highest BCUT2D eigenvalue weighted by Crippen LogP contribution is 2.29. The number of nitrogens with zero attached hydrogens (tertiary/aromatic N) is 2. The normalized spacial score (nSPS) is 14.1. The van der Waals surface area contributed by atoms with Gasteiger partial charge in [0.05, 0.1) is 6.61 Å². The van der Waals surface area contributed by atoms with Gasteiger partial charge in [-0.3, -0.25) is 4.99 Å². The molecule has 0 aliphatic heterocycles. The van der Waals surface area contributed by atoms with Crippen molar-refractivity contribution < 1.29 is 9.47 Å². The van der Waals surface area contributed by atoms with Gasteiger partial charge in [0, 0.05) is 46.1 Å². The van der Waals surface area contributed by atoms with Crippen LogP contribution < -0.4 is 15.4 Å². The molecular weight excluding hydrogens is 407 g/mol. The Morgan fingerprint density at radius 3 is 2.78 bits per heavy atom. The first-order valence-electron chi connectivity index (χ1n) is 7.83. The standard InChI is InChI=1S/C16H26N4O2.HI/c1-17-16(18-8-3-9-21-2)20-11-14-6-7-15(19-10-14)22-12-13-4-5-13;/h6-7,10,13H,3-5,8-9,11-12H2,1-2H3,(H2,17,18,20);1H. The van der Waals surface area contributed by atoms with Crippen molar-refractivity contribution in [2.24, 2.45) is 10.9 Å². The molecule has 0 spiro atoms. The monoisotopic (exact) mass is 434 g/mol. The number of pyridine rings is 1. The number of aromatic nitrogens is 1. The highest BCUT2D eigenvalue weighted by molar-refractivity contribution is 14.0. The number of guanidine groups is 1. The van der Waals surface area contributed by atoms with Crippen LogP contribution in [0.3, 0.4) is 0 Å². The van der Waals surface area contributed by atoms with Crippen molar-refractivity contribution in [3.05, 3.63) is 23.9 Å². The zero-order valence-corrected chi connectivity index (χ0v) is 16.2. The Morgan fingerprint density at radius 2 is 2.17 bits per heavy atom. The molecule has 0 saturated heterocycles. The van der Waals surface area contributed by atoms with Gasteiger partial charge in [-0.1, -0.05) is 6.07 Å². The highest BCUT2D eigenvalue weighted by atomic mass is 127. The molecule has 1 aliphatic carbocycles. The predicted octanol–water partition coefficient (Wildman–Crippen LogP) is 2.19. The van der Waals surface area contributed by atoms with E-state index in [1.54, 1.807) is 14.2 Å². The van der Waals surface area contributed by atoms with Gasteiger partial charge in [-0.15, -0.1) is 24.0 Å². The van der Waals surface area contributed by atoms with Crippen molar-refractivity contribution in [2.75, 3.05) is 33.9 Å². The molecular formula is C16H27IN4O2. The Morgan fingerprint density at radius 1 is 1.35 bits per heavy atom. The summed E-state index contributed by atoms with van der Waals surface area (Å²) in [5.41, 5.74) is 1.10. The lowest BCUT2D eigenvalue weighted by atomic mass is 10.3. The second-order valence-corrected chi connectivity index (χ2v) is 5.46. The van der Waals surface area contributed by atoms with E-state index < -0.39 is 0 Å². The molecule has 2 N–H and O–H groups in total. The quantitative estimate of drug-likeness (QED) is 0.270. The molecule has 7 heteroatoms. The van der Waals surface area contributed by atoms with Crippen molar-refractivity contribution in [2.45, 2.75) is 25.8 Å². The first-order valence-corrected chi connectivity index (χ1v) is 7.83. The number of methoxy groups -OCH3 is 1. The fourth-order valence-corrected chi connectivity index (χ4v) is 1.92. The third-order valence-corrected chi connectivity index (χ3v) is 3.46. The number of ether oxygens (including phenoxy) is 2. The lowest BCUT2D eigenvalue weighted by Gasteiger charge is -2.12. The van der Waals surface area contributed by atoms with Gasteiger partial charge in [0.1, 0.15) is 0 Å². The van der Waals surface area contributed by atoms with E-state index in [9.17, 15) is 0 Å². The minimum absolute atomic E-state index is 0. The first-order chi connectivity index (χ1) is 10.8. The largest absolute Gasteiger partial charge is 0.477 e. The summed E-state index contributed by atoms with van der Waals surface area (Å²) in [6.45, 7) is 3.05. The van der Waals surface area contributed by atoms with E-state index in [0.29, 0.717) is 12.4 Å². The summed E-state index contributed by atoms with van der Waals surface area (Å²) in [4.78, 5) is 8.51. The van der Waals surface area contributed by atoms with E-state index in [1.807, 2.05) is 18.3 Å². The highest BCUT2D eigenvalue weighted by Gasteiger charge is 2.21. The van der Waals surface area contributed by atoms with E-state index in [-0.39, 0.29) is 24.0 Å². The predicted molar refractivity (Wildman–Crippen MR) is 103 cm³/mol. The molecule has 0 atom stereocenters. The molecule has 1 aromatic rings. The van der Waals surface area contributed by atoms with E-state index in [1.165, 1.54) is 12.8 Å². The number of aliphatic imine (C=N–C) groups is 1. The van der Waals surface area contributed by atoms with Gasteiger partial charge in [-0.25, -0.2) is 4.98 Å². The van der Waals surface area contributed by atoms with Crippen LogP contribution >= 0.6 is 24.0 Å². The van der Waals surface area contributed by atoms with Crippen molar-refractivity contribution in [1.29, 1.82) is 0 Å². The molecule has 1 aromatic heterocycles. The van der Waals surface area contributed by atoms with Gasteiger partial charge in [0.2, 0.25) is 5.88 Å². The molecule has 1 heterocycles. The van der Waals surface area contributed by atoms with Crippen LogP contribution in [0.25, 0.3) is 0 Å². The van der Waals surface area contributed by atoms with Crippen LogP contribution in [0.5, 0.6) is 5.88 Å². The zero-order valence-electron chi connectivity index (χ0n) is 13.9. The lowest BCUT2D eigenvalue weighted by molar-refractivity contribution is 0.195. The van der Waals surface area contributed by atoms with Crippen LogP contribution in [0, 0.1) is 5.92 Å². The van der Waals surface area contributed by atoms with E-state index >= 15 is 0 Å². The molecule has 1 aliphatic rings. The Bertz CT molecular complexity index is 464. The van der Waals surface area contributed by atoms with Crippen LogP contribution in [0.4, 0.5) is 0 Å². The van der Waals surface area contributed by atoms with E-state index in [2.05, 4.69) is 20.6 Å². The van der Waals surface area contributed by atoms with Gasteiger partial charge >= 0.3 is 0 Å². The molecule has 0 amide bonds. The number of halogens is 1. The second kappa shape index (κ2) is 11.4. The van der Waals surface area contributed by atoms with Crippen molar-refractivity contribution >= 4 is 29.9 Å². The SMILES string of the molecule is CN=C(NCCCOC)NCc1ccc(OCC2CC2)nc1.I.